The summed E-state index contributed by atoms with van der Waals surface area (Å²) in [6, 6.07) is 20.9. The smallest absolute Gasteiger partial charge is 0.320 e. The van der Waals surface area contributed by atoms with Crippen molar-refractivity contribution in [2.45, 2.75) is 37.4 Å². The summed E-state index contributed by atoms with van der Waals surface area (Å²) >= 11 is 0. The first-order valence-corrected chi connectivity index (χ1v) is 12.3. The van der Waals surface area contributed by atoms with Crippen molar-refractivity contribution in [3.63, 3.8) is 0 Å². The second-order valence-electron chi connectivity index (χ2n) is 8.96. The minimum absolute atomic E-state index is 0.160. The predicted molar refractivity (Wildman–Crippen MR) is 151 cm³/mol. The Morgan fingerprint density at radius 2 is 1.07 bits per heavy atom. The average Bonchev–Trinajstić information content (AvgIpc) is 3.33. The van der Waals surface area contributed by atoms with Gasteiger partial charge in [0.25, 0.3) is 0 Å². The molecule has 3 unspecified atom stereocenters. The number of aromatic amines is 1. The maximum Gasteiger partial charge on any atom is 0.320 e. The molecule has 0 spiro atoms. The number of rotatable bonds is 9. The lowest BCUT2D eigenvalue weighted by Gasteiger charge is -2.05. The van der Waals surface area contributed by atoms with E-state index in [0.717, 1.165) is 27.6 Å². The second kappa shape index (κ2) is 15.6. The molecule has 0 radical (unpaired) electrons. The molecule has 0 saturated carbocycles. The van der Waals surface area contributed by atoms with E-state index in [2.05, 4.69) is 4.98 Å². The van der Waals surface area contributed by atoms with E-state index in [0.29, 0.717) is 12.8 Å². The number of carboxylic acid groups (broad SMARTS) is 3. The van der Waals surface area contributed by atoms with Crippen molar-refractivity contribution < 1.29 is 34.8 Å². The molecule has 0 aliphatic rings. The van der Waals surface area contributed by atoms with Crippen molar-refractivity contribution in [3.05, 3.63) is 102 Å². The quantitative estimate of drug-likeness (QED) is 0.151. The van der Waals surface area contributed by atoms with Crippen LogP contribution in [-0.4, -0.2) is 61.4 Å². The van der Waals surface area contributed by atoms with Crippen LogP contribution >= 0.6 is 0 Å². The number of benzene rings is 3. The molecule has 3 aromatic carbocycles. The summed E-state index contributed by atoms with van der Waals surface area (Å²) in [5.74, 6) is -2.79. The van der Waals surface area contributed by atoms with Crippen LogP contribution in [0.1, 0.15) is 16.7 Å². The Morgan fingerprint density at radius 3 is 1.60 bits per heavy atom. The first-order valence-electron chi connectivity index (χ1n) is 12.3. The van der Waals surface area contributed by atoms with Crippen LogP contribution in [0.25, 0.3) is 10.9 Å². The summed E-state index contributed by atoms with van der Waals surface area (Å²) in [6.45, 7) is 0. The van der Waals surface area contributed by atoms with Gasteiger partial charge in [-0.25, -0.2) is 0 Å². The van der Waals surface area contributed by atoms with E-state index < -0.39 is 36.0 Å². The number of phenolic OH excluding ortho intramolecular Hbond substituents is 1. The van der Waals surface area contributed by atoms with Crippen molar-refractivity contribution in [2.24, 2.45) is 17.2 Å². The van der Waals surface area contributed by atoms with Crippen molar-refractivity contribution in [3.8, 4) is 5.75 Å². The van der Waals surface area contributed by atoms with Crippen LogP contribution in [-0.2, 0) is 33.6 Å². The first kappa shape index (κ1) is 31.5. The molecule has 11 heteroatoms. The summed E-state index contributed by atoms with van der Waals surface area (Å²) in [5, 5.41) is 35.7. The van der Waals surface area contributed by atoms with Gasteiger partial charge in [0, 0.05) is 23.5 Å². The van der Waals surface area contributed by atoms with Gasteiger partial charge in [0.2, 0.25) is 0 Å². The molecule has 0 fully saturated rings. The van der Waals surface area contributed by atoms with E-state index in [9.17, 15) is 14.4 Å². The maximum atomic E-state index is 10.6. The van der Waals surface area contributed by atoms with Gasteiger partial charge < -0.3 is 42.6 Å². The normalized spacial score (nSPS) is 12.6. The highest BCUT2D eigenvalue weighted by atomic mass is 16.4. The topological polar surface area (TPSA) is 226 Å². The maximum absolute atomic E-state index is 10.6. The largest absolute Gasteiger partial charge is 0.508 e. The third-order valence-electron chi connectivity index (χ3n) is 5.76. The highest BCUT2D eigenvalue weighted by Gasteiger charge is 2.14. The standard InChI is InChI=1S/C11H12N2O2.C9H11NO3.C9H11NO2/c12-9(11(14)15)5-7-6-13-10-4-2-1-3-8(7)10;10-8(9(12)13)5-6-1-3-7(11)4-2-6;10-8(9(11)12)6-7-4-2-1-3-5-7/h1-4,6,9,13H,5,12H2,(H,14,15);1-4,8,11H,5,10H2,(H,12,13);1-5,8H,6,10H2,(H,11,12). The fraction of sp³-hybridized carbons (Fsp3) is 0.207. The number of H-pyrrole nitrogens is 1. The number of nitrogens with two attached hydrogens (primary N) is 3. The molecule has 1 aromatic heterocycles. The van der Waals surface area contributed by atoms with Crippen LogP contribution in [0, 0.1) is 0 Å². The third-order valence-corrected chi connectivity index (χ3v) is 5.76. The molecule has 4 aromatic rings. The summed E-state index contributed by atoms with van der Waals surface area (Å²) in [7, 11) is 0. The SMILES string of the molecule is NC(Cc1c[nH]c2ccccc12)C(=O)O.NC(Cc1ccc(O)cc1)C(=O)O.NC(Cc1ccccc1)C(=O)O. The first-order chi connectivity index (χ1) is 19.0. The van der Waals surface area contributed by atoms with Crippen LogP contribution in [0.4, 0.5) is 0 Å². The Kier molecular flexibility index (Phi) is 12.3. The lowest BCUT2D eigenvalue weighted by atomic mass is 10.1. The molecule has 40 heavy (non-hydrogen) atoms. The zero-order chi connectivity index (χ0) is 29.7. The van der Waals surface area contributed by atoms with E-state index in [1.54, 1.807) is 12.1 Å². The van der Waals surface area contributed by atoms with Crippen molar-refractivity contribution >= 4 is 28.8 Å². The number of fused-ring (bicyclic) bond motifs is 1. The van der Waals surface area contributed by atoms with Crippen LogP contribution in [0.2, 0.25) is 0 Å². The van der Waals surface area contributed by atoms with Crippen molar-refractivity contribution in [2.75, 3.05) is 0 Å². The van der Waals surface area contributed by atoms with Crippen molar-refractivity contribution in [1.82, 2.24) is 4.98 Å². The number of nitrogens with one attached hydrogen (secondary N) is 1. The molecule has 0 bridgehead atoms. The predicted octanol–water partition coefficient (Wildman–Crippen LogP) is 2.11. The number of hydrogen-bond acceptors (Lipinski definition) is 7. The molecular weight excluding hydrogens is 516 g/mol. The van der Waals surface area contributed by atoms with E-state index in [1.165, 1.54) is 12.1 Å². The minimum atomic E-state index is -1.02. The molecule has 4 rings (SSSR count). The molecule has 3 atom stereocenters. The molecule has 0 saturated heterocycles. The summed E-state index contributed by atoms with van der Waals surface area (Å²) in [6.07, 6.45) is 2.82. The Balaban J connectivity index is 0.000000212. The van der Waals surface area contributed by atoms with Gasteiger partial charge in [0.15, 0.2) is 0 Å². The number of para-hydroxylation sites is 1. The lowest BCUT2D eigenvalue weighted by Crippen LogP contribution is -2.32. The van der Waals surface area contributed by atoms with Crippen LogP contribution in [0.15, 0.2) is 85.1 Å². The number of carboxylic acids is 3. The fourth-order valence-electron chi connectivity index (χ4n) is 3.55. The minimum Gasteiger partial charge on any atom is -0.508 e. The van der Waals surface area contributed by atoms with Gasteiger partial charge >= 0.3 is 17.9 Å². The third kappa shape index (κ3) is 10.6. The second-order valence-corrected chi connectivity index (χ2v) is 8.96. The highest BCUT2D eigenvalue weighted by Crippen LogP contribution is 2.18. The van der Waals surface area contributed by atoms with Gasteiger partial charge in [-0.2, -0.15) is 0 Å². The van der Waals surface area contributed by atoms with Gasteiger partial charge in [0.05, 0.1) is 0 Å². The molecule has 0 amide bonds. The van der Waals surface area contributed by atoms with E-state index in [4.69, 9.17) is 37.6 Å². The van der Waals surface area contributed by atoms with Gasteiger partial charge in [-0.15, -0.1) is 0 Å². The summed E-state index contributed by atoms with van der Waals surface area (Å²) in [5.41, 5.74) is 19.9. The summed E-state index contributed by atoms with van der Waals surface area (Å²) < 4.78 is 0. The van der Waals surface area contributed by atoms with Gasteiger partial charge in [-0.3, -0.25) is 14.4 Å². The average molecular weight is 551 g/mol. The molecule has 212 valence electrons. The monoisotopic (exact) mass is 550 g/mol. The molecule has 1 heterocycles. The van der Waals surface area contributed by atoms with E-state index in [1.807, 2.05) is 60.8 Å². The molecule has 0 aliphatic carbocycles. The number of aliphatic carboxylic acids is 3. The molecule has 0 aliphatic heterocycles. The Hall–Kier alpha value is -4.71. The number of aromatic hydroxyl groups is 1. The van der Waals surface area contributed by atoms with Gasteiger partial charge in [-0.1, -0.05) is 60.7 Å². The Morgan fingerprint density at radius 1 is 0.625 bits per heavy atom. The zero-order valence-electron chi connectivity index (χ0n) is 21.7. The molecular formula is C29H34N4O7. The number of carbonyl (C=O) groups is 3. The number of aromatic nitrogens is 1. The van der Waals surface area contributed by atoms with E-state index in [-0.39, 0.29) is 12.2 Å². The Bertz CT molecular complexity index is 1370. The van der Waals surface area contributed by atoms with Crippen LogP contribution in [0.3, 0.4) is 0 Å². The zero-order valence-corrected chi connectivity index (χ0v) is 21.7. The number of hydrogen-bond donors (Lipinski definition) is 8. The molecule has 11 nitrogen and oxygen atoms in total. The lowest BCUT2D eigenvalue weighted by molar-refractivity contribution is -0.139. The summed E-state index contributed by atoms with van der Waals surface area (Å²) in [4.78, 5) is 34.5. The highest BCUT2D eigenvalue weighted by molar-refractivity contribution is 5.84. The number of phenols is 1. The van der Waals surface area contributed by atoms with Gasteiger partial charge in [-0.05, 0) is 47.7 Å². The van der Waals surface area contributed by atoms with Gasteiger partial charge in [0.1, 0.15) is 23.9 Å². The molecule has 11 N–H and O–H groups in total. The van der Waals surface area contributed by atoms with Crippen LogP contribution in [0.5, 0.6) is 5.75 Å². The fourth-order valence-corrected chi connectivity index (χ4v) is 3.55. The van der Waals surface area contributed by atoms with E-state index >= 15 is 0 Å². The van der Waals surface area contributed by atoms with Crippen LogP contribution < -0.4 is 17.2 Å². The Labute approximate surface area is 230 Å². The van der Waals surface area contributed by atoms with Crippen molar-refractivity contribution in [1.29, 1.82) is 0 Å².